The third-order valence-corrected chi connectivity index (χ3v) is 2.61. The van der Waals surface area contributed by atoms with Gasteiger partial charge in [0.2, 0.25) is 0 Å². The van der Waals surface area contributed by atoms with Gasteiger partial charge in [-0.3, -0.25) is 0 Å². The summed E-state index contributed by atoms with van der Waals surface area (Å²) in [5, 5.41) is 0. The van der Waals surface area contributed by atoms with Crippen molar-refractivity contribution in [3.8, 4) is 0 Å². The van der Waals surface area contributed by atoms with Gasteiger partial charge in [0, 0.05) is 12.4 Å². The number of nitrogens with zero attached hydrogens (tertiary/aromatic N) is 2. The lowest BCUT2D eigenvalue weighted by atomic mass is 10.1. The second-order valence-electron chi connectivity index (χ2n) is 4.25. The van der Waals surface area contributed by atoms with Gasteiger partial charge in [-0.05, 0) is 37.4 Å². The maximum atomic E-state index is 5.60. The van der Waals surface area contributed by atoms with E-state index in [1.807, 2.05) is 6.07 Å². The molecule has 3 heteroatoms. The van der Waals surface area contributed by atoms with E-state index in [4.69, 9.17) is 5.73 Å². The molecule has 2 N–H and O–H groups in total. The predicted octanol–water partition coefficient (Wildman–Crippen LogP) is 1.78. The van der Waals surface area contributed by atoms with Crippen LogP contribution in [-0.2, 0) is 6.42 Å². The number of aryl methyl sites for hydroxylation is 1. The monoisotopic (exact) mass is 203 g/mol. The van der Waals surface area contributed by atoms with Gasteiger partial charge >= 0.3 is 0 Å². The average molecular weight is 203 g/mol. The molecule has 0 aliphatic heterocycles. The fourth-order valence-corrected chi connectivity index (χ4v) is 1.69. The first-order valence-corrected chi connectivity index (χ1v) is 5.33. The molecule has 0 aliphatic rings. The molecule has 0 aliphatic carbocycles. The van der Waals surface area contributed by atoms with Gasteiger partial charge in [0.15, 0.2) is 0 Å². The quantitative estimate of drug-likeness (QED) is 0.826. The Bertz CT molecular complexity index is 459. The molecule has 0 bridgehead atoms. The first-order chi connectivity index (χ1) is 7.19. The van der Waals surface area contributed by atoms with Gasteiger partial charge in [-0.1, -0.05) is 13.0 Å². The summed E-state index contributed by atoms with van der Waals surface area (Å²) >= 11 is 0. The Morgan fingerprint density at radius 2 is 2.20 bits per heavy atom. The number of fused-ring (bicyclic) bond motifs is 1. The zero-order valence-electron chi connectivity index (χ0n) is 9.27. The molecule has 2 aromatic heterocycles. The van der Waals surface area contributed by atoms with Crippen LogP contribution in [0.3, 0.4) is 0 Å². The smallest absolute Gasteiger partial charge is 0.136 e. The summed E-state index contributed by atoms with van der Waals surface area (Å²) in [5.74, 6) is 0.496. The molecule has 0 saturated heterocycles. The van der Waals surface area contributed by atoms with E-state index in [-0.39, 0.29) is 0 Å². The lowest BCUT2D eigenvalue weighted by Crippen LogP contribution is -2.13. The van der Waals surface area contributed by atoms with Crippen LogP contribution in [0, 0.1) is 12.8 Å². The molecule has 0 amide bonds. The largest absolute Gasteiger partial charge is 0.330 e. The molecular formula is C12H17N3. The van der Waals surface area contributed by atoms with Crippen LogP contribution in [0.4, 0.5) is 0 Å². The lowest BCUT2D eigenvalue weighted by Gasteiger charge is -2.03. The SMILES string of the molecule is Cc1ccc2nc(CC(C)CN)cn2c1. The van der Waals surface area contributed by atoms with Crippen molar-refractivity contribution in [2.24, 2.45) is 11.7 Å². The first-order valence-electron chi connectivity index (χ1n) is 5.33. The van der Waals surface area contributed by atoms with E-state index in [2.05, 4.69) is 41.7 Å². The maximum absolute atomic E-state index is 5.60. The maximum Gasteiger partial charge on any atom is 0.136 e. The minimum Gasteiger partial charge on any atom is -0.330 e. The van der Waals surface area contributed by atoms with Crippen LogP contribution in [0.2, 0.25) is 0 Å². The van der Waals surface area contributed by atoms with Crippen LogP contribution in [0.25, 0.3) is 5.65 Å². The lowest BCUT2D eigenvalue weighted by molar-refractivity contribution is 0.586. The summed E-state index contributed by atoms with van der Waals surface area (Å²) < 4.78 is 2.08. The van der Waals surface area contributed by atoms with Crippen LogP contribution < -0.4 is 5.73 Å². The van der Waals surface area contributed by atoms with E-state index in [9.17, 15) is 0 Å². The van der Waals surface area contributed by atoms with Crippen LogP contribution in [0.15, 0.2) is 24.5 Å². The highest BCUT2D eigenvalue weighted by Crippen LogP contribution is 2.10. The minimum absolute atomic E-state index is 0.496. The van der Waals surface area contributed by atoms with Gasteiger partial charge in [0.25, 0.3) is 0 Å². The van der Waals surface area contributed by atoms with Gasteiger partial charge in [0.05, 0.1) is 5.69 Å². The Labute approximate surface area is 89.9 Å². The molecule has 0 radical (unpaired) electrons. The standard InChI is InChI=1S/C12H17N3/c1-9-3-4-12-14-11(5-10(2)6-13)8-15(12)7-9/h3-4,7-8,10H,5-6,13H2,1-2H3. The third-order valence-electron chi connectivity index (χ3n) is 2.61. The summed E-state index contributed by atoms with van der Waals surface area (Å²) in [6.45, 7) is 4.95. The van der Waals surface area contributed by atoms with E-state index in [0.29, 0.717) is 12.5 Å². The van der Waals surface area contributed by atoms with Crippen molar-refractivity contribution in [2.75, 3.05) is 6.54 Å². The average Bonchev–Trinajstić information content (AvgIpc) is 2.59. The Morgan fingerprint density at radius 1 is 1.40 bits per heavy atom. The molecule has 0 spiro atoms. The van der Waals surface area contributed by atoms with E-state index in [1.165, 1.54) is 5.56 Å². The van der Waals surface area contributed by atoms with E-state index >= 15 is 0 Å². The Kier molecular flexibility index (Phi) is 2.73. The molecule has 2 aromatic rings. The van der Waals surface area contributed by atoms with Gasteiger partial charge < -0.3 is 10.1 Å². The molecule has 1 unspecified atom stereocenters. The van der Waals surface area contributed by atoms with Crippen molar-refractivity contribution >= 4 is 5.65 Å². The molecule has 0 aromatic carbocycles. The molecule has 0 fully saturated rings. The normalized spacial score (nSPS) is 13.3. The molecule has 15 heavy (non-hydrogen) atoms. The first kappa shape index (κ1) is 10.2. The molecule has 3 nitrogen and oxygen atoms in total. The van der Waals surface area contributed by atoms with E-state index < -0.39 is 0 Å². The zero-order chi connectivity index (χ0) is 10.8. The number of nitrogens with two attached hydrogens (primary N) is 1. The second-order valence-corrected chi connectivity index (χ2v) is 4.25. The van der Waals surface area contributed by atoms with Crippen molar-refractivity contribution in [1.29, 1.82) is 0 Å². The molecule has 2 heterocycles. The Hall–Kier alpha value is -1.35. The molecular weight excluding hydrogens is 186 g/mol. The van der Waals surface area contributed by atoms with E-state index in [0.717, 1.165) is 17.8 Å². The number of aromatic nitrogens is 2. The fraction of sp³-hybridized carbons (Fsp3) is 0.417. The van der Waals surface area contributed by atoms with Crippen molar-refractivity contribution in [1.82, 2.24) is 9.38 Å². The number of imidazole rings is 1. The van der Waals surface area contributed by atoms with Crippen LogP contribution in [-0.4, -0.2) is 15.9 Å². The van der Waals surface area contributed by atoms with Crippen LogP contribution >= 0.6 is 0 Å². The van der Waals surface area contributed by atoms with Crippen molar-refractivity contribution in [2.45, 2.75) is 20.3 Å². The molecule has 0 saturated carbocycles. The van der Waals surface area contributed by atoms with Crippen LogP contribution in [0.1, 0.15) is 18.2 Å². The highest BCUT2D eigenvalue weighted by Gasteiger charge is 2.05. The minimum atomic E-state index is 0.496. The summed E-state index contributed by atoms with van der Waals surface area (Å²) in [5.41, 5.74) is 8.99. The molecule has 2 rings (SSSR count). The van der Waals surface area contributed by atoms with Gasteiger partial charge in [-0.15, -0.1) is 0 Å². The van der Waals surface area contributed by atoms with Gasteiger partial charge in [-0.25, -0.2) is 4.98 Å². The zero-order valence-corrected chi connectivity index (χ0v) is 9.27. The van der Waals surface area contributed by atoms with Crippen molar-refractivity contribution in [3.63, 3.8) is 0 Å². The second kappa shape index (κ2) is 4.03. The summed E-state index contributed by atoms with van der Waals surface area (Å²) in [6, 6.07) is 4.13. The molecule has 80 valence electrons. The fourth-order valence-electron chi connectivity index (χ4n) is 1.69. The summed E-state index contributed by atoms with van der Waals surface area (Å²) in [6.07, 6.45) is 5.14. The number of rotatable bonds is 3. The van der Waals surface area contributed by atoms with Crippen LogP contribution in [0.5, 0.6) is 0 Å². The number of hydrogen-bond donors (Lipinski definition) is 1. The number of pyridine rings is 1. The van der Waals surface area contributed by atoms with Gasteiger partial charge in [0.1, 0.15) is 5.65 Å². The summed E-state index contributed by atoms with van der Waals surface area (Å²) in [7, 11) is 0. The third kappa shape index (κ3) is 2.18. The van der Waals surface area contributed by atoms with E-state index in [1.54, 1.807) is 0 Å². The van der Waals surface area contributed by atoms with Crippen molar-refractivity contribution in [3.05, 3.63) is 35.8 Å². The topological polar surface area (TPSA) is 43.3 Å². The highest BCUT2D eigenvalue weighted by molar-refractivity contribution is 5.41. The highest BCUT2D eigenvalue weighted by atomic mass is 15.0. The summed E-state index contributed by atoms with van der Waals surface area (Å²) in [4.78, 5) is 4.55. The molecule has 1 atom stereocenters. The Balaban J connectivity index is 2.30. The number of hydrogen-bond acceptors (Lipinski definition) is 2. The van der Waals surface area contributed by atoms with Crippen molar-refractivity contribution < 1.29 is 0 Å². The Morgan fingerprint density at radius 3 is 2.93 bits per heavy atom. The van der Waals surface area contributed by atoms with Gasteiger partial charge in [-0.2, -0.15) is 0 Å². The predicted molar refractivity (Wildman–Crippen MR) is 61.9 cm³/mol.